The maximum absolute atomic E-state index is 13.3. The van der Waals surface area contributed by atoms with Gasteiger partial charge in [0.25, 0.3) is 5.91 Å². The Kier molecular flexibility index (Phi) is 5.88. The Hall–Kier alpha value is -1.66. The molecule has 6 heteroatoms. The molecule has 2 aliphatic heterocycles. The number of rotatable bonds is 5. The van der Waals surface area contributed by atoms with Crippen molar-refractivity contribution in [1.82, 2.24) is 19.4 Å². The summed E-state index contributed by atoms with van der Waals surface area (Å²) in [5, 5.41) is 0.876. The number of carbonyl (C=O) groups excluding carboxylic acids is 1. The Morgan fingerprint density at radius 2 is 1.96 bits per heavy atom. The third kappa shape index (κ3) is 3.90. The molecule has 0 aromatic carbocycles. The molecule has 0 spiro atoms. The number of hydrogen-bond donors (Lipinski definition) is 0. The predicted molar refractivity (Wildman–Crippen MR) is 114 cm³/mol. The number of nitrogens with zero attached hydrogens (tertiary/aromatic N) is 4. The van der Waals surface area contributed by atoms with Crippen molar-refractivity contribution in [2.24, 2.45) is 5.92 Å². The molecular weight excluding hydrogens is 368 g/mol. The van der Waals surface area contributed by atoms with Crippen LogP contribution in [0.4, 0.5) is 0 Å². The van der Waals surface area contributed by atoms with E-state index in [4.69, 9.17) is 4.98 Å². The minimum Gasteiger partial charge on any atom is -0.340 e. The van der Waals surface area contributed by atoms with Crippen LogP contribution in [0.3, 0.4) is 0 Å². The molecule has 4 rings (SSSR count). The Morgan fingerprint density at radius 1 is 1.21 bits per heavy atom. The van der Waals surface area contributed by atoms with Crippen molar-refractivity contribution < 1.29 is 4.79 Å². The summed E-state index contributed by atoms with van der Waals surface area (Å²) >= 11 is 1.63. The monoisotopic (exact) mass is 400 g/mol. The predicted octanol–water partition coefficient (Wildman–Crippen LogP) is 4.39. The van der Waals surface area contributed by atoms with Crippen LogP contribution < -0.4 is 0 Å². The summed E-state index contributed by atoms with van der Waals surface area (Å²) in [6, 6.07) is 4.64. The van der Waals surface area contributed by atoms with Gasteiger partial charge in [-0.3, -0.25) is 4.79 Å². The molecule has 5 nitrogen and oxygen atoms in total. The molecule has 28 heavy (non-hydrogen) atoms. The summed E-state index contributed by atoms with van der Waals surface area (Å²) in [4.78, 5) is 23.8. The van der Waals surface area contributed by atoms with Gasteiger partial charge in [-0.15, -0.1) is 11.3 Å². The SMILES string of the molecule is CC(C)c1sc(-n2cccc2)nc1C(=O)N(C)CC1CCCN2CCCCC12. The van der Waals surface area contributed by atoms with E-state index in [1.54, 1.807) is 11.3 Å². The summed E-state index contributed by atoms with van der Waals surface area (Å²) in [5.74, 6) is 0.956. The van der Waals surface area contributed by atoms with Crippen LogP contribution in [-0.2, 0) is 0 Å². The van der Waals surface area contributed by atoms with Crippen LogP contribution in [0.1, 0.15) is 67.2 Å². The topological polar surface area (TPSA) is 41.4 Å². The van der Waals surface area contributed by atoms with Crippen LogP contribution in [0.2, 0.25) is 0 Å². The summed E-state index contributed by atoms with van der Waals surface area (Å²) in [5.41, 5.74) is 0.641. The minimum atomic E-state index is 0.0753. The summed E-state index contributed by atoms with van der Waals surface area (Å²) < 4.78 is 1.99. The Labute approximate surface area is 172 Å². The van der Waals surface area contributed by atoms with E-state index in [2.05, 4.69) is 18.7 Å². The van der Waals surface area contributed by atoms with E-state index in [1.807, 2.05) is 41.0 Å². The molecule has 0 aliphatic carbocycles. The highest BCUT2D eigenvalue weighted by atomic mass is 32.1. The summed E-state index contributed by atoms with van der Waals surface area (Å²) in [6.45, 7) is 7.61. The number of hydrogen-bond acceptors (Lipinski definition) is 4. The summed E-state index contributed by atoms with van der Waals surface area (Å²) in [6.07, 6.45) is 10.4. The van der Waals surface area contributed by atoms with Crippen molar-refractivity contribution >= 4 is 17.2 Å². The van der Waals surface area contributed by atoms with Gasteiger partial charge in [0.05, 0.1) is 0 Å². The molecule has 1 amide bonds. The van der Waals surface area contributed by atoms with Crippen LogP contribution in [0, 0.1) is 5.92 Å². The van der Waals surface area contributed by atoms with E-state index < -0.39 is 0 Å². The van der Waals surface area contributed by atoms with Crippen molar-refractivity contribution in [3.63, 3.8) is 0 Å². The minimum absolute atomic E-state index is 0.0753. The molecule has 2 aromatic rings. The quantitative estimate of drug-likeness (QED) is 0.747. The van der Waals surface area contributed by atoms with Crippen molar-refractivity contribution in [2.75, 3.05) is 26.7 Å². The molecular formula is C22H32N4OS. The fourth-order valence-corrected chi connectivity index (χ4v) is 5.87. The van der Waals surface area contributed by atoms with Crippen LogP contribution in [0.25, 0.3) is 5.13 Å². The molecule has 2 aliphatic rings. The van der Waals surface area contributed by atoms with Crippen LogP contribution in [-0.4, -0.2) is 58.0 Å². The zero-order valence-corrected chi connectivity index (χ0v) is 18.1. The smallest absolute Gasteiger partial charge is 0.273 e. The third-order valence-electron chi connectivity index (χ3n) is 6.28. The van der Waals surface area contributed by atoms with E-state index >= 15 is 0 Å². The molecule has 0 saturated carbocycles. The third-order valence-corrected chi connectivity index (χ3v) is 7.65. The summed E-state index contributed by atoms with van der Waals surface area (Å²) in [7, 11) is 1.96. The van der Waals surface area contributed by atoms with Crippen molar-refractivity contribution in [3.05, 3.63) is 35.1 Å². The number of thiazole rings is 1. The van der Waals surface area contributed by atoms with Crippen molar-refractivity contribution in [2.45, 2.75) is 57.9 Å². The molecule has 152 valence electrons. The maximum atomic E-state index is 13.3. The highest BCUT2D eigenvalue weighted by molar-refractivity contribution is 7.14. The van der Waals surface area contributed by atoms with E-state index in [-0.39, 0.29) is 11.8 Å². The number of aromatic nitrogens is 2. The Balaban J connectivity index is 1.52. The lowest BCUT2D eigenvalue weighted by molar-refractivity contribution is 0.0401. The maximum Gasteiger partial charge on any atom is 0.273 e. The highest BCUT2D eigenvalue weighted by Gasteiger charge is 2.34. The second kappa shape index (κ2) is 8.37. The van der Waals surface area contributed by atoms with Crippen LogP contribution in [0.15, 0.2) is 24.5 Å². The molecule has 2 saturated heterocycles. The fourth-order valence-electron chi connectivity index (χ4n) is 4.84. The van der Waals surface area contributed by atoms with Crippen LogP contribution in [0.5, 0.6) is 0 Å². The zero-order chi connectivity index (χ0) is 19.7. The molecule has 0 radical (unpaired) electrons. The first kappa shape index (κ1) is 19.6. The molecule has 2 atom stereocenters. The lowest BCUT2D eigenvalue weighted by Gasteiger charge is -2.45. The van der Waals surface area contributed by atoms with Gasteiger partial charge in [0.1, 0.15) is 5.69 Å². The van der Waals surface area contributed by atoms with Gasteiger partial charge in [-0.05, 0) is 62.7 Å². The molecule has 0 bridgehead atoms. The van der Waals surface area contributed by atoms with E-state index in [1.165, 1.54) is 45.2 Å². The van der Waals surface area contributed by atoms with Gasteiger partial charge in [0.2, 0.25) is 0 Å². The van der Waals surface area contributed by atoms with Gasteiger partial charge < -0.3 is 14.4 Å². The van der Waals surface area contributed by atoms with Gasteiger partial charge in [-0.25, -0.2) is 4.98 Å². The molecule has 0 N–H and O–H groups in total. The fraction of sp³-hybridized carbons (Fsp3) is 0.636. The van der Waals surface area contributed by atoms with E-state index in [0.29, 0.717) is 17.7 Å². The van der Waals surface area contributed by atoms with Crippen molar-refractivity contribution in [3.8, 4) is 5.13 Å². The highest BCUT2D eigenvalue weighted by Crippen LogP contribution is 2.33. The number of fused-ring (bicyclic) bond motifs is 1. The van der Waals surface area contributed by atoms with Gasteiger partial charge in [-0.1, -0.05) is 20.3 Å². The number of piperidine rings is 2. The van der Waals surface area contributed by atoms with Crippen molar-refractivity contribution in [1.29, 1.82) is 0 Å². The Morgan fingerprint density at radius 3 is 2.71 bits per heavy atom. The zero-order valence-electron chi connectivity index (χ0n) is 17.3. The second-order valence-corrected chi connectivity index (χ2v) is 9.65. The average molecular weight is 401 g/mol. The second-order valence-electron chi connectivity index (χ2n) is 8.64. The first-order chi connectivity index (χ1) is 13.5. The first-order valence-electron chi connectivity index (χ1n) is 10.7. The van der Waals surface area contributed by atoms with Gasteiger partial charge in [0, 0.05) is 36.9 Å². The lowest BCUT2D eigenvalue weighted by Crippen LogP contribution is -2.51. The first-order valence-corrected chi connectivity index (χ1v) is 11.5. The Bertz CT molecular complexity index is 796. The van der Waals surface area contributed by atoms with Gasteiger partial charge >= 0.3 is 0 Å². The number of amides is 1. The molecule has 4 heterocycles. The largest absolute Gasteiger partial charge is 0.340 e. The molecule has 2 fully saturated rings. The van der Waals surface area contributed by atoms with Crippen LogP contribution >= 0.6 is 11.3 Å². The number of carbonyl (C=O) groups is 1. The van der Waals surface area contributed by atoms with Gasteiger partial charge in [0.15, 0.2) is 5.13 Å². The normalized spacial score (nSPS) is 23.0. The average Bonchev–Trinajstić information content (AvgIpc) is 3.37. The van der Waals surface area contributed by atoms with Gasteiger partial charge in [-0.2, -0.15) is 0 Å². The van der Waals surface area contributed by atoms with E-state index in [9.17, 15) is 4.79 Å². The lowest BCUT2D eigenvalue weighted by atomic mass is 9.83. The molecule has 2 unspecified atom stereocenters. The van der Waals surface area contributed by atoms with E-state index in [0.717, 1.165) is 16.6 Å². The molecule has 2 aromatic heterocycles. The standard InChI is InChI=1S/C22H32N4OS/c1-16(2)20-19(23-22(28-20)26-12-6-7-13-26)21(27)24(3)15-17-9-8-14-25-11-5-4-10-18(17)25/h6-7,12-13,16-18H,4-5,8-11,14-15H2,1-3H3.